The van der Waals surface area contributed by atoms with Crippen molar-refractivity contribution < 1.29 is 4.39 Å². The van der Waals surface area contributed by atoms with Crippen molar-refractivity contribution in [3.63, 3.8) is 0 Å². The van der Waals surface area contributed by atoms with E-state index in [-0.39, 0.29) is 11.4 Å². The first-order valence-corrected chi connectivity index (χ1v) is 5.54. The summed E-state index contributed by atoms with van der Waals surface area (Å²) >= 11 is 0. The van der Waals surface area contributed by atoms with Gasteiger partial charge in [-0.3, -0.25) is 0 Å². The Hall–Kier alpha value is -1.68. The van der Waals surface area contributed by atoms with E-state index in [1.165, 1.54) is 6.07 Å². The molecule has 0 amide bonds. The van der Waals surface area contributed by atoms with Gasteiger partial charge >= 0.3 is 0 Å². The van der Waals surface area contributed by atoms with Crippen LogP contribution in [0.3, 0.4) is 0 Å². The normalized spacial score (nSPS) is 11.8. The minimum Gasteiger partial charge on any atom is -0.340 e. The molecule has 3 nitrogen and oxygen atoms in total. The SMILES string of the molecule is CNC(C)(C)c1ncc(-c2ccccc2F)[nH]1. The van der Waals surface area contributed by atoms with Gasteiger partial charge in [0.1, 0.15) is 11.6 Å². The van der Waals surface area contributed by atoms with E-state index in [2.05, 4.69) is 15.3 Å². The van der Waals surface area contributed by atoms with Gasteiger partial charge in [-0.1, -0.05) is 12.1 Å². The predicted molar refractivity (Wildman–Crippen MR) is 66.1 cm³/mol. The molecule has 2 N–H and O–H groups in total. The number of hydrogen-bond acceptors (Lipinski definition) is 2. The summed E-state index contributed by atoms with van der Waals surface area (Å²) < 4.78 is 13.6. The minimum atomic E-state index is -0.260. The highest BCUT2D eigenvalue weighted by Gasteiger charge is 2.21. The van der Waals surface area contributed by atoms with Crippen molar-refractivity contribution in [2.45, 2.75) is 19.4 Å². The summed E-state index contributed by atoms with van der Waals surface area (Å²) in [6.07, 6.45) is 1.66. The third-order valence-corrected chi connectivity index (χ3v) is 2.96. The van der Waals surface area contributed by atoms with Crippen molar-refractivity contribution in [3.8, 4) is 11.3 Å². The number of nitrogens with zero attached hydrogens (tertiary/aromatic N) is 1. The van der Waals surface area contributed by atoms with Crippen LogP contribution >= 0.6 is 0 Å². The third kappa shape index (κ3) is 2.22. The van der Waals surface area contributed by atoms with Crippen molar-refractivity contribution in [3.05, 3.63) is 42.1 Å². The summed E-state index contributed by atoms with van der Waals surface area (Å²) in [5, 5.41) is 3.15. The van der Waals surface area contributed by atoms with Gasteiger partial charge in [-0.15, -0.1) is 0 Å². The average molecular weight is 233 g/mol. The molecule has 4 heteroatoms. The van der Waals surface area contributed by atoms with Crippen LogP contribution in [0.1, 0.15) is 19.7 Å². The summed E-state index contributed by atoms with van der Waals surface area (Å²) in [5.74, 6) is 0.545. The highest BCUT2D eigenvalue weighted by Crippen LogP contribution is 2.23. The second-order valence-electron chi connectivity index (χ2n) is 4.50. The molecule has 0 bridgehead atoms. The summed E-state index contributed by atoms with van der Waals surface area (Å²) in [6, 6.07) is 6.66. The molecular formula is C13H16FN3. The molecular weight excluding hydrogens is 217 g/mol. The maximum atomic E-state index is 13.6. The Kier molecular flexibility index (Phi) is 2.98. The Morgan fingerprint density at radius 2 is 2.00 bits per heavy atom. The molecule has 0 saturated heterocycles. The van der Waals surface area contributed by atoms with Crippen LogP contribution in [0.2, 0.25) is 0 Å². The van der Waals surface area contributed by atoms with E-state index < -0.39 is 0 Å². The Morgan fingerprint density at radius 3 is 2.65 bits per heavy atom. The maximum absolute atomic E-state index is 13.6. The number of aromatic nitrogens is 2. The molecule has 2 aromatic rings. The Morgan fingerprint density at radius 1 is 1.29 bits per heavy atom. The molecule has 17 heavy (non-hydrogen) atoms. The highest BCUT2D eigenvalue weighted by atomic mass is 19.1. The van der Waals surface area contributed by atoms with Crippen LogP contribution in [0.5, 0.6) is 0 Å². The summed E-state index contributed by atoms with van der Waals surface area (Å²) in [6.45, 7) is 4.02. The van der Waals surface area contributed by atoms with Crippen molar-refractivity contribution in [2.75, 3.05) is 7.05 Å². The smallest absolute Gasteiger partial charge is 0.132 e. The molecule has 0 saturated carbocycles. The standard InChI is InChI=1S/C13H16FN3/c1-13(2,15-3)12-16-8-11(17-12)9-6-4-5-7-10(9)14/h4-8,15H,1-3H3,(H,16,17). The maximum Gasteiger partial charge on any atom is 0.132 e. The van der Waals surface area contributed by atoms with E-state index in [0.717, 1.165) is 5.82 Å². The number of benzene rings is 1. The van der Waals surface area contributed by atoms with Gasteiger partial charge in [0.05, 0.1) is 17.4 Å². The number of aromatic amines is 1. The Bertz CT molecular complexity index is 517. The van der Waals surface area contributed by atoms with Crippen molar-refractivity contribution in [1.82, 2.24) is 15.3 Å². The van der Waals surface area contributed by atoms with Gasteiger partial charge in [0.25, 0.3) is 0 Å². The van der Waals surface area contributed by atoms with Crippen molar-refractivity contribution in [2.24, 2.45) is 0 Å². The summed E-state index contributed by atoms with van der Waals surface area (Å²) in [7, 11) is 1.87. The van der Waals surface area contributed by atoms with Crippen LogP contribution in [0.4, 0.5) is 4.39 Å². The molecule has 0 atom stereocenters. The van der Waals surface area contributed by atoms with E-state index in [0.29, 0.717) is 11.3 Å². The number of imidazole rings is 1. The quantitative estimate of drug-likeness (QED) is 0.855. The lowest BCUT2D eigenvalue weighted by molar-refractivity contribution is 0.421. The van der Waals surface area contributed by atoms with Crippen molar-refractivity contribution in [1.29, 1.82) is 0 Å². The van der Waals surface area contributed by atoms with Crippen LogP contribution in [0.15, 0.2) is 30.5 Å². The zero-order chi connectivity index (χ0) is 12.5. The first-order chi connectivity index (χ1) is 8.04. The van der Waals surface area contributed by atoms with E-state index in [4.69, 9.17) is 0 Å². The molecule has 0 aliphatic carbocycles. The van der Waals surface area contributed by atoms with E-state index in [1.54, 1.807) is 18.3 Å². The average Bonchev–Trinajstić information content (AvgIpc) is 2.79. The van der Waals surface area contributed by atoms with Crippen LogP contribution in [0.25, 0.3) is 11.3 Å². The fourth-order valence-electron chi connectivity index (χ4n) is 1.57. The molecule has 0 spiro atoms. The van der Waals surface area contributed by atoms with Crippen molar-refractivity contribution >= 4 is 0 Å². The molecule has 1 heterocycles. The monoisotopic (exact) mass is 233 g/mol. The second kappa shape index (κ2) is 4.30. The molecule has 0 aliphatic heterocycles. The molecule has 0 radical (unpaired) electrons. The second-order valence-corrected chi connectivity index (χ2v) is 4.50. The lowest BCUT2D eigenvalue weighted by atomic mass is 10.1. The number of halogens is 1. The molecule has 90 valence electrons. The first-order valence-electron chi connectivity index (χ1n) is 5.54. The van der Waals surface area contributed by atoms with Crippen LogP contribution in [0, 0.1) is 5.82 Å². The van der Waals surface area contributed by atoms with Gasteiger partial charge in [0.2, 0.25) is 0 Å². The number of nitrogens with one attached hydrogen (secondary N) is 2. The molecule has 0 fully saturated rings. The number of H-pyrrole nitrogens is 1. The Labute approximate surface area is 100 Å². The van der Waals surface area contributed by atoms with Crippen LogP contribution in [-0.2, 0) is 5.54 Å². The molecule has 0 unspecified atom stereocenters. The Balaban J connectivity index is 2.40. The lowest BCUT2D eigenvalue weighted by Gasteiger charge is -2.20. The number of hydrogen-bond donors (Lipinski definition) is 2. The molecule has 2 rings (SSSR count). The zero-order valence-electron chi connectivity index (χ0n) is 10.2. The topological polar surface area (TPSA) is 40.7 Å². The fraction of sp³-hybridized carbons (Fsp3) is 0.308. The van der Waals surface area contributed by atoms with Gasteiger partial charge in [-0.25, -0.2) is 9.37 Å². The molecule has 1 aromatic carbocycles. The van der Waals surface area contributed by atoms with Crippen LogP contribution in [-0.4, -0.2) is 17.0 Å². The molecule has 1 aromatic heterocycles. The summed E-state index contributed by atoms with van der Waals surface area (Å²) in [4.78, 5) is 7.44. The molecule has 0 aliphatic rings. The van der Waals surface area contributed by atoms with Gasteiger partial charge in [-0.2, -0.15) is 0 Å². The predicted octanol–water partition coefficient (Wildman–Crippen LogP) is 2.67. The summed E-state index contributed by atoms with van der Waals surface area (Å²) in [5.41, 5.74) is 0.975. The number of rotatable bonds is 3. The zero-order valence-corrected chi connectivity index (χ0v) is 10.2. The van der Waals surface area contributed by atoms with Gasteiger partial charge in [0.15, 0.2) is 0 Å². The highest BCUT2D eigenvalue weighted by molar-refractivity contribution is 5.59. The lowest BCUT2D eigenvalue weighted by Crippen LogP contribution is -2.34. The first kappa shape index (κ1) is 11.8. The van der Waals surface area contributed by atoms with Gasteiger partial charge in [0, 0.05) is 5.56 Å². The van der Waals surface area contributed by atoms with Crippen LogP contribution < -0.4 is 5.32 Å². The largest absolute Gasteiger partial charge is 0.340 e. The van der Waals surface area contributed by atoms with E-state index in [1.807, 2.05) is 27.0 Å². The third-order valence-electron chi connectivity index (χ3n) is 2.96. The van der Waals surface area contributed by atoms with Gasteiger partial charge in [-0.05, 0) is 33.0 Å². The van der Waals surface area contributed by atoms with E-state index in [9.17, 15) is 4.39 Å². The van der Waals surface area contributed by atoms with E-state index >= 15 is 0 Å². The minimum absolute atomic E-state index is 0.245. The van der Waals surface area contributed by atoms with Gasteiger partial charge < -0.3 is 10.3 Å². The fourth-order valence-corrected chi connectivity index (χ4v) is 1.57.